The van der Waals surface area contributed by atoms with Crippen LogP contribution in [0.3, 0.4) is 0 Å². The molecule has 1 amide bonds. The molecule has 0 radical (unpaired) electrons. The van der Waals surface area contributed by atoms with Crippen molar-refractivity contribution < 1.29 is 14.3 Å². The van der Waals surface area contributed by atoms with Crippen LogP contribution in [-0.2, 0) is 6.61 Å². The molecule has 3 heterocycles. The molecule has 1 N–H and O–H groups in total. The van der Waals surface area contributed by atoms with Crippen LogP contribution in [0.25, 0.3) is 11.1 Å². The lowest BCUT2D eigenvalue weighted by atomic mass is 9.97. The van der Waals surface area contributed by atoms with Gasteiger partial charge in [-0.1, -0.05) is 28.3 Å². The highest BCUT2D eigenvalue weighted by molar-refractivity contribution is 7.17. The van der Waals surface area contributed by atoms with E-state index in [0.717, 1.165) is 33.7 Å². The van der Waals surface area contributed by atoms with E-state index in [1.165, 1.54) is 0 Å². The summed E-state index contributed by atoms with van der Waals surface area (Å²) in [5.74, 6) is 0.311. The average Bonchev–Trinajstić information content (AvgIpc) is 3.25. The third-order valence-corrected chi connectivity index (χ3v) is 5.66. The van der Waals surface area contributed by atoms with Crippen LogP contribution in [-0.4, -0.2) is 33.2 Å². The molecule has 0 unspecified atom stereocenters. The van der Waals surface area contributed by atoms with E-state index >= 15 is 0 Å². The van der Waals surface area contributed by atoms with Gasteiger partial charge in [-0.2, -0.15) is 0 Å². The molecule has 3 aromatic heterocycles. The Kier molecular flexibility index (Phi) is 6.81. The normalized spacial score (nSPS) is 10.7. The predicted octanol–water partition coefficient (Wildman–Crippen LogP) is 5.11. The zero-order valence-electron chi connectivity index (χ0n) is 18.1. The van der Waals surface area contributed by atoms with Crippen molar-refractivity contribution in [3.8, 4) is 22.1 Å². The summed E-state index contributed by atoms with van der Waals surface area (Å²) >= 11 is 6.96. The number of carbonyl (C=O) groups excluding carboxylic acids is 1. The van der Waals surface area contributed by atoms with Gasteiger partial charge in [0.1, 0.15) is 12.4 Å². The topological polar surface area (TPSA) is 99.1 Å². The number of hydrogen-bond donors (Lipinski definition) is 1. The zero-order chi connectivity index (χ0) is 23.4. The van der Waals surface area contributed by atoms with Crippen LogP contribution in [0.2, 0.25) is 5.02 Å². The summed E-state index contributed by atoms with van der Waals surface area (Å²) < 4.78 is 11.1. The van der Waals surface area contributed by atoms with Gasteiger partial charge in [0.2, 0.25) is 5.13 Å². The molecule has 168 valence electrons. The largest absolute Gasteiger partial charge is 0.496 e. The first-order valence-corrected chi connectivity index (χ1v) is 11.1. The summed E-state index contributed by atoms with van der Waals surface area (Å²) in [6, 6.07) is 11.2. The molecule has 0 saturated carbocycles. The number of aryl methyl sites for hydroxylation is 2. The SMILES string of the molecule is COc1ccc(C)cc1-c1cc(C)ncc1C(=O)Nc1nnc(OCc2ccc(Cl)cn2)s1. The van der Waals surface area contributed by atoms with E-state index in [1.54, 1.807) is 31.6 Å². The van der Waals surface area contributed by atoms with E-state index in [0.29, 0.717) is 32.4 Å². The zero-order valence-corrected chi connectivity index (χ0v) is 19.7. The third kappa shape index (κ3) is 5.44. The van der Waals surface area contributed by atoms with E-state index < -0.39 is 0 Å². The number of aromatic nitrogens is 4. The van der Waals surface area contributed by atoms with Crippen LogP contribution in [0.5, 0.6) is 10.9 Å². The maximum atomic E-state index is 13.1. The summed E-state index contributed by atoms with van der Waals surface area (Å²) in [7, 11) is 1.60. The molecule has 0 fully saturated rings. The van der Waals surface area contributed by atoms with Crippen molar-refractivity contribution in [3.05, 3.63) is 76.3 Å². The minimum Gasteiger partial charge on any atom is -0.496 e. The standard InChI is InChI=1S/C23H20ClN5O3S/c1-13-4-7-20(31-3)18(8-13)17-9-14(2)25-11-19(17)21(30)27-22-28-29-23(33-22)32-12-16-6-5-15(24)10-26-16/h4-11H,12H2,1-3H3,(H,27,28,30). The second-order valence-corrected chi connectivity index (χ2v) is 8.54. The number of carbonyl (C=O) groups is 1. The lowest BCUT2D eigenvalue weighted by Crippen LogP contribution is -2.14. The van der Waals surface area contributed by atoms with Gasteiger partial charge >= 0.3 is 0 Å². The quantitative estimate of drug-likeness (QED) is 0.391. The van der Waals surface area contributed by atoms with Gasteiger partial charge < -0.3 is 9.47 Å². The highest BCUT2D eigenvalue weighted by Gasteiger charge is 2.19. The number of halogens is 1. The maximum absolute atomic E-state index is 13.1. The van der Waals surface area contributed by atoms with Crippen molar-refractivity contribution in [2.45, 2.75) is 20.5 Å². The molecule has 0 aliphatic heterocycles. The molecule has 0 saturated heterocycles. The first-order chi connectivity index (χ1) is 15.9. The van der Waals surface area contributed by atoms with Crippen molar-refractivity contribution >= 4 is 34.0 Å². The van der Waals surface area contributed by atoms with Crippen molar-refractivity contribution in [1.29, 1.82) is 0 Å². The van der Waals surface area contributed by atoms with Crippen LogP contribution < -0.4 is 14.8 Å². The molecule has 8 nitrogen and oxygen atoms in total. The summed E-state index contributed by atoms with van der Waals surface area (Å²) in [6.07, 6.45) is 3.09. The number of nitrogens with one attached hydrogen (secondary N) is 1. The Morgan fingerprint density at radius 2 is 1.91 bits per heavy atom. The highest BCUT2D eigenvalue weighted by atomic mass is 35.5. The van der Waals surface area contributed by atoms with Gasteiger partial charge in [0.25, 0.3) is 11.1 Å². The number of pyridine rings is 2. The van der Waals surface area contributed by atoms with Crippen molar-refractivity contribution in [1.82, 2.24) is 20.2 Å². The molecule has 0 spiro atoms. The van der Waals surface area contributed by atoms with Gasteiger partial charge in [0, 0.05) is 29.2 Å². The number of nitrogens with zero attached hydrogens (tertiary/aromatic N) is 4. The van der Waals surface area contributed by atoms with Crippen LogP contribution in [0, 0.1) is 13.8 Å². The van der Waals surface area contributed by atoms with Crippen molar-refractivity contribution in [2.24, 2.45) is 0 Å². The first-order valence-electron chi connectivity index (χ1n) is 9.92. The second kappa shape index (κ2) is 9.93. The number of methoxy groups -OCH3 is 1. The van der Waals surface area contributed by atoms with Crippen LogP contribution in [0.1, 0.15) is 27.3 Å². The lowest BCUT2D eigenvalue weighted by Gasteiger charge is -2.14. The Bertz CT molecular complexity index is 1290. The minimum atomic E-state index is -0.358. The van der Waals surface area contributed by atoms with E-state index in [9.17, 15) is 4.79 Å². The fourth-order valence-electron chi connectivity index (χ4n) is 3.11. The molecule has 0 aliphatic rings. The van der Waals surface area contributed by atoms with Crippen molar-refractivity contribution in [3.63, 3.8) is 0 Å². The summed E-state index contributed by atoms with van der Waals surface area (Å²) in [6.45, 7) is 4.06. The number of anilines is 1. The third-order valence-electron chi connectivity index (χ3n) is 4.69. The summed E-state index contributed by atoms with van der Waals surface area (Å²) in [5.41, 5.74) is 4.45. The Balaban J connectivity index is 1.53. The van der Waals surface area contributed by atoms with E-state index in [-0.39, 0.29) is 12.5 Å². The number of hydrogen-bond acceptors (Lipinski definition) is 8. The van der Waals surface area contributed by atoms with Gasteiger partial charge in [-0.3, -0.25) is 20.1 Å². The van der Waals surface area contributed by atoms with Crippen LogP contribution >= 0.6 is 22.9 Å². The van der Waals surface area contributed by atoms with Gasteiger partial charge in [-0.15, -0.1) is 5.10 Å². The molecule has 33 heavy (non-hydrogen) atoms. The Hall–Kier alpha value is -3.56. The molecule has 0 aliphatic carbocycles. The first kappa shape index (κ1) is 22.6. The maximum Gasteiger partial charge on any atom is 0.296 e. The van der Waals surface area contributed by atoms with E-state index in [4.69, 9.17) is 21.1 Å². The second-order valence-electron chi connectivity index (χ2n) is 7.16. The smallest absolute Gasteiger partial charge is 0.296 e. The predicted molar refractivity (Wildman–Crippen MR) is 127 cm³/mol. The van der Waals surface area contributed by atoms with Gasteiger partial charge in [-0.25, -0.2) is 0 Å². The van der Waals surface area contributed by atoms with E-state index in [2.05, 4.69) is 25.5 Å². The van der Waals surface area contributed by atoms with E-state index in [1.807, 2.05) is 38.1 Å². The molecule has 0 atom stereocenters. The summed E-state index contributed by atoms with van der Waals surface area (Å²) in [5, 5.41) is 11.9. The number of benzene rings is 1. The molecule has 10 heteroatoms. The Morgan fingerprint density at radius 3 is 2.67 bits per heavy atom. The molecule has 0 bridgehead atoms. The Labute approximate surface area is 199 Å². The minimum absolute atomic E-state index is 0.207. The Morgan fingerprint density at radius 1 is 1.06 bits per heavy atom. The van der Waals surface area contributed by atoms with Gasteiger partial charge in [-0.05, 0) is 55.5 Å². The molecule has 4 aromatic rings. The number of amides is 1. The molecule has 1 aromatic carbocycles. The van der Waals surface area contributed by atoms with Gasteiger partial charge in [0.15, 0.2) is 0 Å². The lowest BCUT2D eigenvalue weighted by molar-refractivity contribution is 0.102. The monoisotopic (exact) mass is 481 g/mol. The average molecular weight is 482 g/mol. The molecule has 4 rings (SSSR count). The highest BCUT2D eigenvalue weighted by Crippen LogP contribution is 2.34. The van der Waals surface area contributed by atoms with Crippen LogP contribution in [0.15, 0.2) is 48.8 Å². The van der Waals surface area contributed by atoms with Crippen LogP contribution in [0.4, 0.5) is 5.13 Å². The molecular formula is C23H20ClN5O3S. The van der Waals surface area contributed by atoms with Crippen molar-refractivity contribution in [2.75, 3.05) is 12.4 Å². The van der Waals surface area contributed by atoms with Gasteiger partial charge in [0.05, 0.1) is 23.4 Å². The number of ether oxygens (including phenoxy) is 2. The fraction of sp³-hybridized carbons (Fsp3) is 0.174. The summed E-state index contributed by atoms with van der Waals surface area (Å²) in [4.78, 5) is 21.6. The molecular weight excluding hydrogens is 462 g/mol. The number of rotatable bonds is 7. The fourth-order valence-corrected chi connectivity index (χ4v) is 3.81.